The average Bonchev–Trinajstić information content (AvgIpc) is 3.43. The Bertz CT molecular complexity index is 779. The molecule has 126 valence electrons. The van der Waals surface area contributed by atoms with Gasteiger partial charge in [0.1, 0.15) is 6.33 Å². The summed E-state index contributed by atoms with van der Waals surface area (Å²) in [5.41, 5.74) is 10.6. The Hall–Kier alpha value is -2.24. The van der Waals surface area contributed by atoms with Crippen LogP contribution in [0.5, 0.6) is 0 Å². The zero-order valence-electron chi connectivity index (χ0n) is 14.5. The van der Waals surface area contributed by atoms with Gasteiger partial charge in [-0.3, -0.25) is 0 Å². The molecule has 4 rings (SSSR count). The first kappa shape index (κ1) is 15.3. The lowest BCUT2D eigenvalue weighted by molar-refractivity contribution is 0.690. The van der Waals surface area contributed by atoms with E-state index in [4.69, 9.17) is 10.7 Å². The third kappa shape index (κ3) is 2.81. The molecule has 0 radical (unpaired) electrons. The number of hydrogen-bond donors (Lipinski definition) is 2. The van der Waals surface area contributed by atoms with Crippen molar-refractivity contribution in [3.05, 3.63) is 23.4 Å². The van der Waals surface area contributed by atoms with Crippen molar-refractivity contribution in [3.8, 4) is 11.4 Å². The van der Waals surface area contributed by atoms with E-state index in [1.54, 1.807) is 6.33 Å². The van der Waals surface area contributed by atoms with Gasteiger partial charge in [0.2, 0.25) is 0 Å². The van der Waals surface area contributed by atoms with Gasteiger partial charge in [-0.25, -0.2) is 19.9 Å². The van der Waals surface area contributed by atoms with Crippen LogP contribution >= 0.6 is 0 Å². The zero-order valence-corrected chi connectivity index (χ0v) is 14.5. The maximum absolute atomic E-state index is 6.23. The highest BCUT2D eigenvalue weighted by molar-refractivity contribution is 5.71. The summed E-state index contributed by atoms with van der Waals surface area (Å²) in [6.07, 6.45) is 6.57. The van der Waals surface area contributed by atoms with E-state index in [9.17, 15) is 0 Å². The van der Waals surface area contributed by atoms with E-state index < -0.39 is 0 Å². The number of anilines is 2. The van der Waals surface area contributed by atoms with E-state index in [-0.39, 0.29) is 0 Å². The van der Waals surface area contributed by atoms with E-state index in [1.807, 2.05) is 13.8 Å². The van der Waals surface area contributed by atoms with Crippen LogP contribution in [0.2, 0.25) is 0 Å². The molecule has 2 aliphatic rings. The van der Waals surface area contributed by atoms with Crippen LogP contribution in [0, 0.1) is 19.8 Å². The van der Waals surface area contributed by atoms with E-state index >= 15 is 0 Å². The monoisotopic (exact) mass is 324 g/mol. The zero-order chi connectivity index (χ0) is 16.8. The molecule has 6 heteroatoms. The van der Waals surface area contributed by atoms with Crippen molar-refractivity contribution in [2.45, 2.75) is 58.4 Å². The van der Waals surface area contributed by atoms with Crippen molar-refractivity contribution in [1.82, 2.24) is 19.9 Å². The van der Waals surface area contributed by atoms with Crippen LogP contribution in [0.3, 0.4) is 0 Å². The molecule has 0 aliphatic heterocycles. The molecule has 1 atom stereocenters. The maximum atomic E-state index is 6.23. The second kappa shape index (κ2) is 5.69. The number of nitrogens with zero attached hydrogens (tertiary/aromatic N) is 4. The van der Waals surface area contributed by atoms with E-state index in [2.05, 4.69) is 27.2 Å². The first-order valence-corrected chi connectivity index (χ1v) is 8.77. The van der Waals surface area contributed by atoms with Crippen molar-refractivity contribution in [1.29, 1.82) is 0 Å². The maximum Gasteiger partial charge on any atom is 0.165 e. The van der Waals surface area contributed by atoms with Crippen molar-refractivity contribution in [2.24, 2.45) is 5.92 Å². The molecule has 0 saturated heterocycles. The summed E-state index contributed by atoms with van der Waals surface area (Å²) < 4.78 is 0. The molecule has 0 amide bonds. The summed E-state index contributed by atoms with van der Waals surface area (Å²) in [6.45, 7) is 6.13. The second-order valence-electron chi connectivity index (χ2n) is 7.16. The molecular formula is C18H24N6. The summed E-state index contributed by atoms with van der Waals surface area (Å²) in [6, 6.07) is 0.380. The van der Waals surface area contributed by atoms with E-state index in [0.29, 0.717) is 23.5 Å². The van der Waals surface area contributed by atoms with Gasteiger partial charge in [0.25, 0.3) is 0 Å². The Morgan fingerprint density at radius 2 is 1.83 bits per heavy atom. The molecule has 2 aromatic rings. The Kier molecular flexibility index (Phi) is 3.62. The predicted octanol–water partition coefficient (Wildman–Crippen LogP) is 3.22. The summed E-state index contributed by atoms with van der Waals surface area (Å²) in [7, 11) is 0. The van der Waals surface area contributed by atoms with Crippen LogP contribution in [0.1, 0.15) is 55.6 Å². The van der Waals surface area contributed by atoms with E-state index in [1.165, 1.54) is 25.7 Å². The van der Waals surface area contributed by atoms with Gasteiger partial charge in [-0.15, -0.1) is 0 Å². The van der Waals surface area contributed by atoms with Gasteiger partial charge in [0.05, 0.1) is 28.3 Å². The molecule has 0 bridgehead atoms. The SMILES string of the molecule is Cc1nc(-c2c(C)ncnc2C2CC2)nc(N[C@@H](C)C2CC2)c1N. The lowest BCUT2D eigenvalue weighted by Gasteiger charge is -2.18. The topological polar surface area (TPSA) is 89.6 Å². The molecule has 2 heterocycles. The van der Waals surface area contributed by atoms with Gasteiger partial charge in [0.15, 0.2) is 11.6 Å². The summed E-state index contributed by atoms with van der Waals surface area (Å²) >= 11 is 0. The smallest absolute Gasteiger partial charge is 0.165 e. The first-order chi connectivity index (χ1) is 11.5. The molecule has 0 aromatic carbocycles. The molecule has 3 N–H and O–H groups in total. The number of nitrogen functional groups attached to an aromatic ring is 1. The minimum Gasteiger partial charge on any atom is -0.394 e. The third-order valence-corrected chi connectivity index (χ3v) is 5.08. The van der Waals surface area contributed by atoms with Crippen LogP contribution in [0.15, 0.2) is 6.33 Å². The molecule has 2 aliphatic carbocycles. The minimum absolute atomic E-state index is 0.380. The molecule has 24 heavy (non-hydrogen) atoms. The normalized spacial score (nSPS) is 18.5. The molecular weight excluding hydrogens is 300 g/mol. The van der Waals surface area contributed by atoms with Gasteiger partial charge >= 0.3 is 0 Å². The largest absolute Gasteiger partial charge is 0.394 e. The lowest BCUT2D eigenvalue weighted by Crippen LogP contribution is -2.20. The van der Waals surface area contributed by atoms with Gasteiger partial charge in [-0.2, -0.15) is 0 Å². The fourth-order valence-corrected chi connectivity index (χ4v) is 3.17. The second-order valence-corrected chi connectivity index (χ2v) is 7.16. The highest BCUT2D eigenvalue weighted by atomic mass is 15.1. The Labute approximate surface area is 142 Å². The van der Waals surface area contributed by atoms with Crippen LogP contribution < -0.4 is 11.1 Å². The number of rotatable bonds is 5. The van der Waals surface area contributed by atoms with Gasteiger partial charge < -0.3 is 11.1 Å². The number of hydrogen-bond acceptors (Lipinski definition) is 6. The van der Waals surface area contributed by atoms with Crippen molar-refractivity contribution >= 4 is 11.5 Å². The van der Waals surface area contributed by atoms with Gasteiger partial charge in [0, 0.05) is 12.0 Å². The molecule has 2 fully saturated rings. The van der Waals surface area contributed by atoms with E-state index in [0.717, 1.165) is 34.4 Å². The highest BCUT2D eigenvalue weighted by Gasteiger charge is 2.31. The standard InChI is InChI=1S/C18H24N6/c1-9(12-4-5-12)22-18-15(19)11(3)23-17(24-18)14-10(2)20-8-21-16(14)13-6-7-13/h8-9,12-13H,4-7,19H2,1-3H3,(H,22,23,24)/t9-/m0/s1. The lowest BCUT2D eigenvalue weighted by atomic mass is 10.1. The van der Waals surface area contributed by atoms with Crippen molar-refractivity contribution in [2.75, 3.05) is 11.1 Å². The molecule has 2 aromatic heterocycles. The van der Waals surface area contributed by atoms with Crippen LogP contribution in [-0.2, 0) is 0 Å². The Morgan fingerprint density at radius 1 is 1.08 bits per heavy atom. The van der Waals surface area contributed by atoms with Crippen LogP contribution in [0.4, 0.5) is 11.5 Å². The number of aryl methyl sites for hydroxylation is 2. The summed E-state index contributed by atoms with van der Waals surface area (Å²) in [5.74, 6) is 2.67. The molecule has 0 unspecified atom stereocenters. The Morgan fingerprint density at radius 3 is 2.50 bits per heavy atom. The Balaban J connectivity index is 1.77. The van der Waals surface area contributed by atoms with Crippen LogP contribution in [0.25, 0.3) is 11.4 Å². The fourth-order valence-electron chi connectivity index (χ4n) is 3.17. The van der Waals surface area contributed by atoms with Crippen molar-refractivity contribution < 1.29 is 0 Å². The molecule has 2 saturated carbocycles. The first-order valence-electron chi connectivity index (χ1n) is 8.77. The number of aromatic nitrogens is 4. The van der Waals surface area contributed by atoms with Gasteiger partial charge in [-0.1, -0.05) is 0 Å². The number of nitrogens with two attached hydrogens (primary N) is 1. The van der Waals surface area contributed by atoms with Gasteiger partial charge in [-0.05, 0) is 52.4 Å². The number of nitrogens with one attached hydrogen (secondary N) is 1. The van der Waals surface area contributed by atoms with Crippen molar-refractivity contribution in [3.63, 3.8) is 0 Å². The fraction of sp³-hybridized carbons (Fsp3) is 0.556. The predicted molar refractivity (Wildman–Crippen MR) is 94.7 cm³/mol. The molecule has 0 spiro atoms. The summed E-state index contributed by atoms with van der Waals surface area (Å²) in [5, 5.41) is 3.49. The quantitative estimate of drug-likeness (QED) is 0.877. The third-order valence-electron chi connectivity index (χ3n) is 5.08. The minimum atomic E-state index is 0.380. The average molecular weight is 324 g/mol. The summed E-state index contributed by atoms with van der Waals surface area (Å²) in [4.78, 5) is 18.3. The molecule has 6 nitrogen and oxygen atoms in total. The van der Waals surface area contributed by atoms with Crippen LogP contribution in [-0.4, -0.2) is 26.0 Å². The highest BCUT2D eigenvalue weighted by Crippen LogP contribution is 2.43.